The molecule has 1 atom stereocenters. The Kier molecular flexibility index (Phi) is 3.62. The van der Waals surface area contributed by atoms with Crippen molar-refractivity contribution in [2.24, 2.45) is 5.73 Å². The first-order chi connectivity index (χ1) is 6.88. The summed E-state index contributed by atoms with van der Waals surface area (Å²) in [6.07, 6.45) is -4.70. The fourth-order valence-electron chi connectivity index (χ4n) is 1.15. The third-order valence-electron chi connectivity index (χ3n) is 1.93. The van der Waals surface area contributed by atoms with E-state index in [-0.39, 0.29) is 11.3 Å². The molecule has 0 radical (unpaired) electrons. The summed E-state index contributed by atoms with van der Waals surface area (Å²) in [6.45, 7) is 0. The Hall–Kier alpha value is -0.750. The lowest BCUT2D eigenvalue weighted by Gasteiger charge is -2.14. The highest BCUT2D eigenvalue weighted by molar-refractivity contribution is 7.80. The molecule has 1 aromatic rings. The van der Waals surface area contributed by atoms with Gasteiger partial charge >= 0.3 is 6.18 Å². The van der Waals surface area contributed by atoms with Crippen LogP contribution in [0, 0.1) is 5.82 Å². The highest BCUT2D eigenvalue weighted by atomic mass is 32.1. The molecule has 0 aromatic heterocycles. The van der Waals surface area contributed by atoms with Gasteiger partial charge in [0.15, 0.2) is 0 Å². The molecule has 0 amide bonds. The van der Waals surface area contributed by atoms with Gasteiger partial charge in [-0.05, 0) is 6.07 Å². The van der Waals surface area contributed by atoms with E-state index in [1.807, 2.05) is 0 Å². The normalized spacial score (nSPS) is 14.0. The van der Waals surface area contributed by atoms with Gasteiger partial charge in [-0.3, -0.25) is 0 Å². The van der Waals surface area contributed by atoms with Crippen molar-refractivity contribution in [1.82, 2.24) is 0 Å². The Morgan fingerprint density at radius 2 is 1.93 bits per heavy atom. The number of hydrogen-bond acceptors (Lipinski definition) is 2. The number of thiol groups is 1. The first kappa shape index (κ1) is 12.3. The van der Waals surface area contributed by atoms with Gasteiger partial charge in [-0.1, -0.05) is 12.1 Å². The Balaban J connectivity index is 3.23. The standard InChI is InChI=1S/C9H9F4NS/c10-8-5(7(14)4-15)2-1-3-6(8)9(11,12)13/h1-3,7,15H,4,14H2. The van der Waals surface area contributed by atoms with Crippen LogP contribution in [0.15, 0.2) is 18.2 Å². The van der Waals surface area contributed by atoms with Crippen LogP contribution in [0.3, 0.4) is 0 Å². The number of hydrogen-bond donors (Lipinski definition) is 2. The molecule has 1 unspecified atom stereocenters. The van der Waals surface area contributed by atoms with Crippen LogP contribution >= 0.6 is 12.6 Å². The summed E-state index contributed by atoms with van der Waals surface area (Å²) < 4.78 is 50.3. The van der Waals surface area contributed by atoms with Crippen LogP contribution in [0.2, 0.25) is 0 Å². The van der Waals surface area contributed by atoms with Gasteiger partial charge in [-0.2, -0.15) is 25.8 Å². The van der Waals surface area contributed by atoms with Crippen LogP contribution in [-0.2, 0) is 6.18 Å². The van der Waals surface area contributed by atoms with Crippen LogP contribution in [0.1, 0.15) is 17.2 Å². The van der Waals surface area contributed by atoms with Gasteiger partial charge in [-0.25, -0.2) is 4.39 Å². The molecule has 1 nitrogen and oxygen atoms in total. The summed E-state index contributed by atoms with van der Waals surface area (Å²) in [7, 11) is 0. The molecule has 0 bridgehead atoms. The SMILES string of the molecule is NC(CS)c1cccc(C(F)(F)F)c1F. The molecular formula is C9H9F4NS. The van der Waals surface area contributed by atoms with Crippen LogP contribution in [-0.4, -0.2) is 5.75 Å². The van der Waals surface area contributed by atoms with E-state index in [2.05, 4.69) is 12.6 Å². The van der Waals surface area contributed by atoms with Crippen molar-refractivity contribution < 1.29 is 17.6 Å². The third kappa shape index (κ3) is 2.63. The van der Waals surface area contributed by atoms with Gasteiger partial charge in [0, 0.05) is 17.4 Å². The molecule has 6 heteroatoms. The smallest absolute Gasteiger partial charge is 0.323 e. The van der Waals surface area contributed by atoms with E-state index >= 15 is 0 Å². The topological polar surface area (TPSA) is 26.0 Å². The Bertz CT molecular complexity index is 350. The monoisotopic (exact) mass is 239 g/mol. The maximum Gasteiger partial charge on any atom is 0.419 e. The fourth-order valence-corrected chi connectivity index (χ4v) is 1.35. The molecule has 0 heterocycles. The summed E-state index contributed by atoms with van der Waals surface area (Å²) in [6, 6.07) is 2.20. The minimum atomic E-state index is -4.70. The zero-order valence-corrected chi connectivity index (χ0v) is 8.45. The number of halogens is 4. The number of benzene rings is 1. The van der Waals surface area contributed by atoms with E-state index in [0.717, 1.165) is 6.07 Å². The zero-order chi connectivity index (χ0) is 11.6. The van der Waals surface area contributed by atoms with Crippen molar-refractivity contribution in [3.63, 3.8) is 0 Å². The molecule has 0 saturated carbocycles. The van der Waals surface area contributed by atoms with Gasteiger partial charge in [0.05, 0.1) is 5.56 Å². The fraction of sp³-hybridized carbons (Fsp3) is 0.333. The maximum absolute atomic E-state index is 13.4. The van der Waals surface area contributed by atoms with Crippen molar-refractivity contribution in [3.05, 3.63) is 35.1 Å². The van der Waals surface area contributed by atoms with Crippen LogP contribution in [0.25, 0.3) is 0 Å². The molecule has 1 aromatic carbocycles. The second kappa shape index (κ2) is 4.40. The van der Waals surface area contributed by atoms with Gasteiger partial charge in [0.2, 0.25) is 0 Å². The van der Waals surface area contributed by atoms with Crippen LogP contribution < -0.4 is 5.73 Å². The first-order valence-corrected chi connectivity index (χ1v) is 4.73. The lowest BCUT2D eigenvalue weighted by Crippen LogP contribution is -2.17. The highest BCUT2D eigenvalue weighted by Crippen LogP contribution is 2.33. The molecule has 0 aliphatic rings. The van der Waals surface area contributed by atoms with Crippen LogP contribution in [0.4, 0.5) is 17.6 Å². The van der Waals surface area contributed by atoms with Crippen molar-refractivity contribution in [2.75, 3.05) is 5.75 Å². The molecule has 2 N–H and O–H groups in total. The largest absolute Gasteiger partial charge is 0.419 e. The summed E-state index contributed by atoms with van der Waals surface area (Å²) in [5, 5.41) is 0. The average Bonchev–Trinajstić information content (AvgIpc) is 2.15. The minimum absolute atomic E-state index is 0.0816. The minimum Gasteiger partial charge on any atom is -0.323 e. The van der Waals surface area contributed by atoms with E-state index in [1.165, 1.54) is 6.07 Å². The molecular weight excluding hydrogens is 230 g/mol. The zero-order valence-electron chi connectivity index (χ0n) is 7.55. The van der Waals surface area contributed by atoms with E-state index in [0.29, 0.717) is 6.07 Å². The van der Waals surface area contributed by atoms with E-state index < -0.39 is 23.6 Å². The highest BCUT2D eigenvalue weighted by Gasteiger charge is 2.35. The summed E-state index contributed by atoms with van der Waals surface area (Å²) >= 11 is 3.81. The number of alkyl halides is 3. The molecule has 0 spiro atoms. The van der Waals surface area contributed by atoms with Crippen molar-refractivity contribution >= 4 is 12.6 Å². The molecule has 0 fully saturated rings. The van der Waals surface area contributed by atoms with Gasteiger partial charge < -0.3 is 5.73 Å². The maximum atomic E-state index is 13.4. The van der Waals surface area contributed by atoms with Gasteiger partial charge in [0.1, 0.15) is 5.82 Å². The summed E-state index contributed by atoms with van der Waals surface area (Å²) in [5.74, 6) is -1.23. The quantitative estimate of drug-likeness (QED) is 0.602. The van der Waals surface area contributed by atoms with Gasteiger partial charge in [-0.15, -0.1) is 0 Å². The number of nitrogens with two attached hydrogens (primary N) is 1. The predicted molar refractivity (Wildman–Crippen MR) is 52.2 cm³/mol. The molecule has 0 saturated heterocycles. The lowest BCUT2D eigenvalue weighted by atomic mass is 10.0. The summed E-state index contributed by atoms with van der Waals surface area (Å²) in [4.78, 5) is 0. The molecule has 84 valence electrons. The van der Waals surface area contributed by atoms with Crippen molar-refractivity contribution in [1.29, 1.82) is 0 Å². The van der Waals surface area contributed by atoms with E-state index in [9.17, 15) is 17.6 Å². The van der Waals surface area contributed by atoms with Crippen LogP contribution in [0.5, 0.6) is 0 Å². The second-order valence-corrected chi connectivity index (χ2v) is 3.36. The second-order valence-electron chi connectivity index (χ2n) is 3.00. The van der Waals surface area contributed by atoms with Crippen molar-refractivity contribution in [2.45, 2.75) is 12.2 Å². The summed E-state index contributed by atoms with van der Waals surface area (Å²) in [5.41, 5.74) is 3.96. The molecule has 0 aliphatic carbocycles. The van der Waals surface area contributed by atoms with Gasteiger partial charge in [0.25, 0.3) is 0 Å². The molecule has 15 heavy (non-hydrogen) atoms. The van der Waals surface area contributed by atoms with Crippen molar-refractivity contribution in [3.8, 4) is 0 Å². The average molecular weight is 239 g/mol. The molecule has 1 rings (SSSR count). The Morgan fingerprint density at radius 3 is 2.40 bits per heavy atom. The Labute approximate surface area is 89.7 Å². The first-order valence-electron chi connectivity index (χ1n) is 4.10. The lowest BCUT2D eigenvalue weighted by molar-refractivity contribution is -0.140. The van der Waals surface area contributed by atoms with E-state index in [1.54, 1.807) is 0 Å². The predicted octanol–water partition coefficient (Wildman–Crippen LogP) is 2.77. The third-order valence-corrected chi connectivity index (χ3v) is 2.32. The van der Waals surface area contributed by atoms with E-state index in [4.69, 9.17) is 5.73 Å². The Morgan fingerprint density at radius 1 is 1.33 bits per heavy atom. The number of rotatable bonds is 2. The molecule has 0 aliphatic heterocycles.